The Bertz CT molecular complexity index is 621. The molecule has 2 N–H and O–H groups in total. The summed E-state index contributed by atoms with van der Waals surface area (Å²) in [5.74, 6) is -1.20. The quantitative estimate of drug-likeness (QED) is 0.785. The SMILES string of the molecule is CCOC(=O)C1C2CC(O)C(O)C2CN1C(=O)OCc1ccccc1. The molecule has 0 spiro atoms. The Kier molecular flexibility index (Phi) is 5.24. The molecular weight excluding hydrogens is 326 g/mol. The Morgan fingerprint density at radius 2 is 1.88 bits per heavy atom. The predicted octanol–water partition coefficient (Wildman–Crippen LogP) is 0.928. The molecule has 1 aliphatic heterocycles. The number of fused-ring (bicyclic) bond motifs is 1. The molecule has 7 nitrogen and oxygen atoms in total. The van der Waals surface area contributed by atoms with Crippen molar-refractivity contribution in [2.45, 2.75) is 38.2 Å². The zero-order valence-electron chi connectivity index (χ0n) is 14.1. The van der Waals surface area contributed by atoms with E-state index in [9.17, 15) is 19.8 Å². The van der Waals surface area contributed by atoms with Crippen molar-refractivity contribution >= 4 is 12.1 Å². The fourth-order valence-corrected chi connectivity index (χ4v) is 3.83. The summed E-state index contributed by atoms with van der Waals surface area (Å²) < 4.78 is 10.4. The molecule has 2 aliphatic rings. The lowest BCUT2D eigenvalue weighted by molar-refractivity contribution is -0.149. The van der Waals surface area contributed by atoms with Crippen molar-refractivity contribution in [2.24, 2.45) is 11.8 Å². The van der Waals surface area contributed by atoms with Crippen LogP contribution in [0.1, 0.15) is 18.9 Å². The number of rotatable bonds is 4. The van der Waals surface area contributed by atoms with Crippen LogP contribution in [0.15, 0.2) is 30.3 Å². The van der Waals surface area contributed by atoms with Crippen molar-refractivity contribution in [1.29, 1.82) is 0 Å². The van der Waals surface area contributed by atoms with Crippen molar-refractivity contribution in [2.75, 3.05) is 13.2 Å². The maximum atomic E-state index is 12.5. The number of benzene rings is 1. The van der Waals surface area contributed by atoms with Gasteiger partial charge in [0.1, 0.15) is 12.6 Å². The van der Waals surface area contributed by atoms with Crippen LogP contribution in [-0.4, -0.2) is 58.6 Å². The minimum absolute atomic E-state index is 0.103. The Morgan fingerprint density at radius 1 is 1.16 bits per heavy atom. The van der Waals surface area contributed by atoms with Gasteiger partial charge < -0.3 is 19.7 Å². The van der Waals surface area contributed by atoms with Crippen molar-refractivity contribution in [3.63, 3.8) is 0 Å². The Morgan fingerprint density at radius 3 is 2.56 bits per heavy atom. The van der Waals surface area contributed by atoms with Gasteiger partial charge >= 0.3 is 12.1 Å². The number of carbonyl (C=O) groups excluding carboxylic acids is 2. The molecule has 7 heteroatoms. The maximum Gasteiger partial charge on any atom is 0.410 e. The van der Waals surface area contributed by atoms with Gasteiger partial charge in [0.25, 0.3) is 0 Å². The van der Waals surface area contributed by atoms with E-state index in [0.717, 1.165) is 5.56 Å². The zero-order valence-corrected chi connectivity index (χ0v) is 14.1. The van der Waals surface area contributed by atoms with E-state index in [0.29, 0.717) is 0 Å². The normalized spacial score (nSPS) is 30.8. The van der Waals surface area contributed by atoms with E-state index in [1.165, 1.54) is 4.90 Å². The Labute approximate surface area is 146 Å². The summed E-state index contributed by atoms with van der Waals surface area (Å²) in [5.41, 5.74) is 0.846. The van der Waals surface area contributed by atoms with Crippen LogP contribution in [0.5, 0.6) is 0 Å². The van der Waals surface area contributed by atoms with E-state index < -0.39 is 30.3 Å². The summed E-state index contributed by atoms with van der Waals surface area (Å²) >= 11 is 0. The lowest BCUT2D eigenvalue weighted by atomic mass is 9.93. The Balaban J connectivity index is 1.72. The average molecular weight is 349 g/mol. The molecule has 1 aromatic rings. The number of aliphatic hydroxyl groups excluding tert-OH is 2. The molecule has 0 aromatic heterocycles. The van der Waals surface area contributed by atoms with Gasteiger partial charge in [-0.05, 0) is 24.8 Å². The largest absolute Gasteiger partial charge is 0.464 e. The van der Waals surface area contributed by atoms with E-state index in [2.05, 4.69) is 0 Å². The number of amides is 1. The minimum Gasteiger partial charge on any atom is -0.464 e. The van der Waals surface area contributed by atoms with E-state index in [4.69, 9.17) is 9.47 Å². The number of aliphatic hydroxyl groups is 2. The number of nitrogens with zero attached hydrogens (tertiary/aromatic N) is 1. The first-order valence-electron chi connectivity index (χ1n) is 8.53. The van der Waals surface area contributed by atoms with Gasteiger partial charge in [-0.3, -0.25) is 4.90 Å². The second kappa shape index (κ2) is 7.41. The van der Waals surface area contributed by atoms with Crippen LogP contribution in [-0.2, 0) is 20.9 Å². The second-order valence-electron chi connectivity index (χ2n) is 6.51. The third-order valence-electron chi connectivity index (χ3n) is 5.01. The minimum atomic E-state index is -0.950. The molecule has 0 bridgehead atoms. The number of carbonyl (C=O) groups is 2. The first-order chi connectivity index (χ1) is 12.0. The van der Waals surface area contributed by atoms with Crippen LogP contribution in [0.4, 0.5) is 4.79 Å². The first kappa shape index (κ1) is 17.7. The molecule has 1 heterocycles. The molecule has 5 unspecified atom stereocenters. The molecule has 1 saturated heterocycles. The standard InChI is InChI=1S/C18H23NO6/c1-2-24-17(22)15-12-8-14(20)16(21)13(12)9-19(15)18(23)25-10-11-6-4-3-5-7-11/h3-7,12-16,20-21H,2,8-10H2,1H3. The van der Waals surface area contributed by atoms with Gasteiger partial charge in [0.15, 0.2) is 0 Å². The third-order valence-corrected chi connectivity index (χ3v) is 5.01. The van der Waals surface area contributed by atoms with Crippen LogP contribution < -0.4 is 0 Å². The summed E-state index contributed by atoms with van der Waals surface area (Å²) in [7, 11) is 0. The lowest BCUT2D eigenvalue weighted by Gasteiger charge is -2.26. The smallest absolute Gasteiger partial charge is 0.410 e. The topological polar surface area (TPSA) is 96.3 Å². The molecule has 1 aromatic carbocycles. The molecule has 1 amide bonds. The van der Waals surface area contributed by atoms with E-state index in [1.807, 2.05) is 30.3 Å². The monoisotopic (exact) mass is 349 g/mol. The average Bonchev–Trinajstić information content (AvgIpc) is 3.11. The van der Waals surface area contributed by atoms with Crippen molar-refractivity contribution in [1.82, 2.24) is 4.90 Å². The van der Waals surface area contributed by atoms with Crippen molar-refractivity contribution < 1.29 is 29.3 Å². The molecule has 136 valence electrons. The third kappa shape index (κ3) is 3.48. The molecule has 25 heavy (non-hydrogen) atoms. The summed E-state index contributed by atoms with van der Waals surface area (Å²) in [5, 5.41) is 20.0. The lowest BCUT2D eigenvalue weighted by Crippen LogP contribution is -2.45. The van der Waals surface area contributed by atoms with Gasteiger partial charge in [-0.15, -0.1) is 0 Å². The number of hydrogen-bond donors (Lipinski definition) is 2. The predicted molar refractivity (Wildman–Crippen MR) is 87.4 cm³/mol. The molecule has 1 aliphatic carbocycles. The van der Waals surface area contributed by atoms with Gasteiger partial charge in [0.05, 0.1) is 18.8 Å². The van der Waals surface area contributed by atoms with Gasteiger partial charge in [0.2, 0.25) is 0 Å². The highest BCUT2D eigenvalue weighted by Gasteiger charge is 2.56. The van der Waals surface area contributed by atoms with Gasteiger partial charge in [-0.2, -0.15) is 0 Å². The van der Waals surface area contributed by atoms with Crippen LogP contribution >= 0.6 is 0 Å². The van der Waals surface area contributed by atoms with Crippen LogP contribution in [0, 0.1) is 11.8 Å². The highest BCUT2D eigenvalue weighted by Crippen LogP contribution is 2.43. The molecule has 3 rings (SSSR count). The van der Waals surface area contributed by atoms with Crippen LogP contribution in [0.25, 0.3) is 0 Å². The molecule has 5 atom stereocenters. The van der Waals surface area contributed by atoms with Gasteiger partial charge in [-0.1, -0.05) is 30.3 Å². The first-order valence-corrected chi connectivity index (χ1v) is 8.53. The van der Waals surface area contributed by atoms with Crippen molar-refractivity contribution in [3.8, 4) is 0 Å². The highest BCUT2D eigenvalue weighted by atomic mass is 16.6. The molecule has 0 radical (unpaired) electrons. The van der Waals surface area contributed by atoms with E-state index in [-0.39, 0.29) is 38.0 Å². The molecule has 1 saturated carbocycles. The summed E-state index contributed by atoms with van der Waals surface area (Å²) in [4.78, 5) is 26.2. The number of hydrogen-bond acceptors (Lipinski definition) is 6. The molecule has 2 fully saturated rings. The summed E-state index contributed by atoms with van der Waals surface area (Å²) in [6.07, 6.45) is -2.18. The number of likely N-dealkylation sites (tertiary alicyclic amines) is 1. The summed E-state index contributed by atoms with van der Waals surface area (Å²) in [6.45, 7) is 2.16. The van der Waals surface area contributed by atoms with E-state index in [1.54, 1.807) is 6.92 Å². The fraction of sp³-hybridized carbons (Fsp3) is 0.556. The zero-order chi connectivity index (χ0) is 18.0. The highest BCUT2D eigenvalue weighted by molar-refractivity contribution is 5.82. The number of ether oxygens (including phenoxy) is 2. The fourth-order valence-electron chi connectivity index (χ4n) is 3.83. The van der Waals surface area contributed by atoms with Gasteiger partial charge in [0, 0.05) is 12.5 Å². The molecular formula is C18H23NO6. The van der Waals surface area contributed by atoms with Gasteiger partial charge in [-0.25, -0.2) is 9.59 Å². The summed E-state index contributed by atoms with van der Waals surface area (Å²) in [6, 6.07) is 8.42. The Hall–Kier alpha value is -2.12. The maximum absolute atomic E-state index is 12.5. The second-order valence-corrected chi connectivity index (χ2v) is 6.51. The van der Waals surface area contributed by atoms with E-state index >= 15 is 0 Å². The van der Waals surface area contributed by atoms with Crippen molar-refractivity contribution in [3.05, 3.63) is 35.9 Å². The van der Waals surface area contributed by atoms with Crippen LogP contribution in [0.3, 0.4) is 0 Å². The van der Waals surface area contributed by atoms with Crippen LogP contribution in [0.2, 0.25) is 0 Å². The number of esters is 1.